The third-order valence-corrected chi connectivity index (χ3v) is 1.71. The van der Waals surface area contributed by atoms with Gasteiger partial charge in [-0.05, 0) is 25.0 Å². The molecule has 0 amide bonds. The smallest absolute Gasteiger partial charge is 0.150 e. The predicted molar refractivity (Wildman–Crippen MR) is 41.3 cm³/mol. The third kappa shape index (κ3) is 1.08. The van der Waals surface area contributed by atoms with Crippen molar-refractivity contribution in [1.82, 2.24) is 0 Å². The second-order valence-electron chi connectivity index (χ2n) is 2.35. The number of aryl methyl sites for hydroxylation is 1. The fraction of sp³-hybridized carbons (Fsp3) is 0.222. The van der Waals surface area contributed by atoms with Gasteiger partial charge in [-0.25, -0.2) is 0 Å². The Balaban J connectivity index is 3.27. The fourth-order valence-corrected chi connectivity index (χ4v) is 0.862. The maximum atomic E-state index is 10.7. The van der Waals surface area contributed by atoms with Crippen molar-refractivity contribution < 1.29 is 6.17 Å². The first kappa shape index (κ1) is 5.66. The molecule has 1 nitrogen and oxygen atoms in total. The number of benzene rings is 1. The lowest BCUT2D eigenvalue weighted by Crippen LogP contribution is -1.87. The monoisotopic (exact) mass is 136 g/mol. The molecule has 0 saturated carbocycles. The van der Waals surface area contributed by atoms with Gasteiger partial charge < -0.3 is 0 Å². The predicted octanol–water partition coefficient (Wildman–Crippen LogP) is 2.12. The Morgan fingerprint density at radius 3 is 2.70 bits per heavy atom. The summed E-state index contributed by atoms with van der Waals surface area (Å²) in [6.07, 6.45) is -0.605. The molecule has 0 saturated heterocycles. The van der Waals surface area contributed by atoms with E-state index in [-0.39, 0.29) is 0 Å². The van der Waals surface area contributed by atoms with E-state index in [1.54, 1.807) is 12.1 Å². The molecule has 0 bridgehead atoms. The number of aldehydes is 1. The largest absolute Gasteiger partial charge is 0.298 e. The Hall–Kier alpha value is -1.11. The molecule has 0 spiro atoms. The van der Waals surface area contributed by atoms with Gasteiger partial charge in [0.05, 0.1) is 0 Å². The molecule has 1 rings (SSSR count). The van der Waals surface area contributed by atoms with Crippen LogP contribution < -0.4 is 0 Å². The zero-order chi connectivity index (χ0) is 8.43. The van der Waals surface area contributed by atoms with Crippen LogP contribution >= 0.6 is 0 Å². The van der Waals surface area contributed by atoms with Crippen molar-refractivity contribution in [2.45, 2.75) is 13.8 Å². The molecule has 1 heteroatoms. The average molecular weight is 136 g/mol. The van der Waals surface area contributed by atoms with Crippen molar-refractivity contribution >= 4 is 6.26 Å². The van der Waals surface area contributed by atoms with Crippen LogP contribution in [0.3, 0.4) is 0 Å². The van der Waals surface area contributed by atoms with Crippen molar-refractivity contribution in [2.75, 3.05) is 0 Å². The summed E-state index contributed by atoms with van der Waals surface area (Å²) in [6.45, 7) is 3.79. The zero-order valence-electron chi connectivity index (χ0n) is 7.14. The second kappa shape index (κ2) is 2.65. The van der Waals surface area contributed by atoms with Gasteiger partial charge in [-0.2, -0.15) is 0 Å². The van der Waals surface area contributed by atoms with E-state index in [9.17, 15) is 4.79 Å². The molecule has 0 atom stereocenters. The molecule has 0 radical (unpaired) electrons. The summed E-state index contributed by atoms with van der Waals surface area (Å²) < 4.78 is 6.92. The van der Waals surface area contributed by atoms with Gasteiger partial charge in [-0.1, -0.05) is 18.2 Å². The van der Waals surface area contributed by atoms with Crippen molar-refractivity contribution in [3.63, 3.8) is 0 Å². The zero-order valence-corrected chi connectivity index (χ0v) is 6.14. The van der Waals surface area contributed by atoms with Crippen LogP contribution in [0.5, 0.6) is 0 Å². The number of hydrogen-bond donors (Lipinski definition) is 0. The van der Waals surface area contributed by atoms with Crippen LogP contribution in [0.2, 0.25) is 0 Å². The van der Waals surface area contributed by atoms with Gasteiger partial charge in [0.1, 0.15) is 7.63 Å². The van der Waals surface area contributed by atoms with Crippen LogP contribution in [-0.2, 0) is 0 Å². The molecule has 10 heavy (non-hydrogen) atoms. The molecular formula is C9H10O. The highest BCUT2D eigenvalue weighted by molar-refractivity contribution is 5.77. The fourth-order valence-electron chi connectivity index (χ4n) is 0.862. The van der Waals surface area contributed by atoms with E-state index in [2.05, 4.69) is 0 Å². The van der Waals surface area contributed by atoms with Crippen LogP contribution in [-0.4, -0.2) is 6.26 Å². The quantitative estimate of drug-likeness (QED) is 0.540. The normalized spacial score (nSPS) is 10.8. The lowest BCUT2D eigenvalue weighted by Gasteiger charge is -1.99. The molecule has 1 aromatic carbocycles. The number of rotatable bonds is 1. The SMILES string of the molecule is [3H]C(=O)c1cccc(C)c1C. The molecule has 1 aromatic rings. The molecule has 0 heterocycles. The van der Waals surface area contributed by atoms with E-state index in [1.807, 2.05) is 19.9 Å². The Labute approximate surface area is 62.1 Å². The van der Waals surface area contributed by atoms with Gasteiger partial charge in [0.25, 0.3) is 0 Å². The maximum absolute atomic E-state index is 10.7. The van der Waals surface area contributed by atoms with E-state index in [0.29, 0.717) is 5.56 Å². The maximum Gasteiger partial charge on any atom is 0.150 e. The number of carbonyl (C=O) groups is 1. The lowest BCUT2D eigenvalue weighted by atomic mass is 10.1. The van der Waals surface area contributed by atoms with Gasteiger partial charge in [0.15, 0.2) is 0 Å². The van der Waals surface area contributed by atoms with Crippen LogP contribution in [0.4, 0.5) is 0 Å². The highest BCUT2D eigenvalue weighted by Gasteiger charge is 1.96. The van der Waals surface area contributed by atoms with Crippen molar-refractivity contribution in [2.24, 2.45) is 0 Å². The highest BCUT2D eigenvalue weighted by atomic mass is 16.1. The van der Waals surface area contributed by atoms with Crippen LogP contribution in [0.15, 0.2) is 18.2 Å². The molecule has 0 fully saturated rings. The molecule has 0 aliphatic rings. The molecule has 0 aromatic heterocycles. The summed E-state index contributed by atoms with van der Waals surface area (Å²) in [7, 11) is 0. The lowest BCUT2D eigenvalue weighted by molar-refractivity contribution is 0.112. The Morgan fingerprint density at radius 2 is 2.20 bits per heavy atom. The van der Waals surface area contributed by atoms with E-state index in [4.69, 9.17) is 1.37 Å². The van der Waals surface area contributed by atoms with Crippen LogP contribution in [0.1, 0.15) is 22.9 Å². The molecule has 52 valence electrons. The van der Waals surface area contributed by atoms with Crippen LogP contribution in [0, 0.1) is 13.8 Å². The first-order chi connectivity index (χ1) is 5.13. The molecule has 0 aliphatic heterocycles. The standard InChI is InChI=1S/C9H10O/c1-7-4-3-5-9(6-10)8(7)2/h3-6H,1-2H3/i6T. The summed E-state index contributed by atoms with van der Waals surface area (Å²) in [6, 6.07) is 5.41. The van der Waals surface area contributed by atoms with Crippen molar-refractivity contribution in [3.8, 4) is 0 Å². The van der Waals surface area contributed by atoms with Crippen LogP contribution in [0.25, 0.3) is 0 Å². The summed E-state index contributed by atoms with van der Waals surface area (Å²) in [4.78, 5) is 10.7. The van der Waals surface area contributed by atoms with Gasteiger partial charge in [0, 0.05) is 5.56 Å². The average Bonchev–Trinajstić information content (AvgIpc) is 1.94. The first-order valence-electron chi connectivity index (χ1n) is 3.70. The number of carbonyl (C=O) groups excluding carboxylic acids is 1. The van der Waals surface area contributed by atoms with E-state index >= 15 is 0 Å². The first-order valence-corrected chi connectivity index (χ1v) is 3.20. The molecule has 0 aliphatic carbocycles. The van der Waals surface area contributed by atoms with E-state index in [0.717, 1.165) is 11.1 Å². The minimum absolute atomic E-state index is 0.505. The van der Waals surface area contributed by atoms with Gasteiger partial charge >= 0.3 is 0 Å². The van der Waals surface area contributed by atoms with Gasteiger partial charge in [-0.3, -0.25) is 4.79 Å². The van der Waals surface area contributed by atoms with E-state index in [1.165, 1.54) is 0 Å². The summed E-state index contributed by atoms with van der Waals surface area (Å²) in [5, 5.41) is 0. The Bertz CT molecular complexity index is 292. The van der Waals surface area contributed by atoms with E-state index < -0.39 is 6.26 Å². The second-order valence-corrected chi connectivity index (χ2v) is 2.35. The Kier molecular flexibility index (Phi) is 1.50. The topological polar surface area (TPSA) is 17.1 Å². The molecule has 0 N–H and O–H groups in total. The van der Waals surface area contributed by atoms with Gasteiger partial charge in [0.2, 0.25) is 0 Å². The summed E-state index contributed by atoms with van der Waals surface area (Å²) in [5.74, 6) is 0. The highest BCUT2D eigenvalue weighted by Crippen LogP contribution is 2.09. The number of hydrogen-bond acceptors (Lipinski definition) is 1. The summed E-state index contributed by atoms with van der Waals surface area (Å²) >= 11 is 0. The molecule has 0 unspecified atom stereocenters. The van der Waals surface area contributed by atoms with Crippen molar-refractivity contribution in [1.29, 1.82) is 0 Å². The third-order valence-electron chi connectivity index (χ3n) is 1.71. The summed E-state index contributed by atoms with van der Waals surface area (Å²) in [5.41, 5.74) is 2.47. The minimum Gasteiger partial charge on any atom is -0.298 e. The van der Waals surface area contributed by atoms with Crippen molar-refractivity contribution in [3.05, 3.63) is 34.9 Å². The Morgan fingerprint density at radius 1 is 1.50 bits per heavy atom. The van der Waals surface area contributed by atoms with Gasteiger partial charge in [-0.15, -0.1) is 0 Å². The minimum atomic E-state index is -0.605. The molecular weight excluding hydrogens is 124 g/mol.